The van der Waals surface area contributed by atoms with Gasteiger partial charge in [-0.1, -0.05) is 0 Å². The van der Waals surface area contributed by atoms with Crippen molar-refractivity contribution in [2.75, 3.05) is 11.9 Å². The van der Waals surface area contributed by atoms with E-state index in [0.717, 1.165) is 25.7 Å². The molecule has 1 aromatic rings. The van der Waals surface area contributed by atoms with E-state index in [2.05, 4.69) is 23.9 Å². The van der Waals surface area contributed by atoms with Gasteiger partial charge in [0.2, 0.25) is 0 Å². The average Bonchev–Trinajstić information content (AvgIpc) is 2.30. The highest BCUT2D eigenvalue weighted by atomic mass is 16.1. The van der Waals surface area contributed by atoms with Crippen LogP contribution in [0.4, 0.5) is 5.69 Å². The number of aromatic nitrogens is 1. The fourth-order valence-electron chi connectivity index (χ4n) is 2.37. The minimum Gasteiger partial charge on any atom is -0.371 e. The molecule has 0 amide bonds. The van der Waals surface area contributed by atoms with Gasteiger partial charge in [-0.25, -0.2) is 0 Å². The van der Waals surface area contributed by atoms with E-state index in [1.165, 1.54) is 11.3 Å². The molecule has 1 aliphatic carbocycles. The fourth-order valence-corrected chi connectivity index (χ4v) is 2.37. The summed E-state index contributed by atoms with van der Waals surface area (Å²) in [7, 11) is 2.11. The number of anilines is 1. The molecular formula is C13H18N2O. The third kappa shape index (κ3) is 2.23. The summed E-state index contributed by atoms with van der Waals surface area (Å²) in [6, 6.07) is 2.55. The number of aryl methyl sites for hydroxylation is 1. The van der Waals surface area contributed by atoms with Gasteiger partial charge in [0.25, 0.3) is 0 Å². The molecule has 0 spiro atoms. The van der Waals surface area contributed by atoms with Crippen molar-refractivity contribution in [2.45, 2.75) is 38.6 Å². The Bertz CT molecular complexity index is 379. The van der Waals surface area contributed by atoms with Crippen molar-refractivity contribution in [3.63, 3.8) is 0 Å². The van der Waals surface area contributed by atoms with Crippen LogP contribution >= 0.6 is 0 Å². The van der Waals surface area contributed by atoms with Crippen molar-refractivity contribution in [1.82, 2.24) is 4.98 Å². The standard InChI is InChI=1S/C13H18N2O/c1-10-9-14-8-7-13(10)15(2)11-3-5-12(16)6-4-11/h7-9,11H,3-6H2,1-2H3. The summed E-state index contributed by atoms with van der Waals surface area (Å²) in [5.41, 5.74) is 2.43. The quantitative estimate of drug-likeness (QED) is 0.764. The zero-order valence-electron chi connectivity index (χ0n) is 9.94. The normalized spacial score (nSPS) is 17.5. The molecule has 0 aromatic carbocycles. The van der Waals surface area contributed by atoms with E-state index in [-0.39, 0.29) is 0 Å². The van der Waals surface area contributed by atoms with Crippen molar-refractivity contribution < 1.29 is 4.79 Å². The van der Waals surface area contributed by atoms with Crippen LogP contribution in [-0.4, -0.2) is 23.9 Å². The van der Waals surface area contributed by atoms with E-state index < -0.39 is 0 Å². The van der Waals surface area contributed by atoms with Gasteiger partial charge < -0.3 is 4.90 Å². The van der Waals surface area contributed by atoms with Gasteiger partial charge in [0.1, 0.15) is 5.78 Å². The van der Waals surface area contributed by atoms with Crippen LogP contribution in [0.5, 0.6) is 0 Å². The molecule has 86 valence electrons. The monoisotopic (exact) mass is 218 g/mol. The molecular weight excluding hydrogens is 200 g/mol. The third-order valence-corrected chi connectivity index (χ3v) is 3.43. The van der Waals surface area contributed by atoms with Crippen molar-refractivity contribution in [3.05, 3.63) is 24.0 Å². The third-order valence-electron chi connectivity index (χ3n) is 3.43. The topological polar surface area (TPSA) is 33.2 Å². The Balaban J connectivity index is 2.10. The van der Waals surface area contributed by atoms with Crippen LogP contribution in [0.3, 0.4) is 0 Å². The Morgan fingerprint density at radius 3 is 2.69 bits per heavy atom. The van der Waals surface area contributed by atoms with Crippen LogP contribution in [0.2, 0.25) is 0 Å². The van der Waals surface area contributed by atoms with Crippen molar-refractivity contribution >= 4 is 11.5 Å². The maximum atomic E-state index is 11.2. The minimum absolute atomic E-state index is 0.413. The number of carbonyl (C=O) groups excluding carboxylic acids is 1. The van der Waals surface area contributed by atoms with Crippen molar-refractivity contribution in [2.24, 2.45) is 0 Å². The lowest BCUT2D eigenvalue weighted by atomic mass is 9.93. The molecule has 0 bridgehead atoms. The van der Waals surface area contributed by atoms with Crippen molar-refractivity contribution in [1.29, 1.82) is 0 Å². The summed E-state index contributed by atoms with van der Waals surface area (Å²) in [6.45, 7) is 2.08. The predicted octanol–water partition coefficient (Wildman–Crippen LogP) is 2.34. The van der Waals surface area contributed by atoms with E-state index in [1.54, 1.807) is 0 Å². The lowest BCUT2D eigenvalue weighted by Crippen LogP contribution is -2.35. The molecule has 0 radical (unpaired) electrons. The Morgan fingerprint density at radius 2 is 2.06 bits per heavy atom. The van der Waals surface area contributed by atoms with Crippen LogP contribution in [0.15, 0.2) is 18.5 Å². The Labute approximate surface area is 96.5 Å². The molecule has 3 nitrogen and oxygen atoms in total. The number of hydrogen-bond donors (Lipinski definition) is 0. The van der Waals surface area contributed by atoms with Gasteiger partial charge in [-0.15, -0.1) is 0 Å². The maximum absolute atomic E-state index is 11.2. The SMILES string of the molecule is Cc1cnccc1N(C)C1CCC(=O)CC1. The number of hydrogen-bond acceptors (Lipinski definition) is 3. The highest BCUT2D eigenvalue weighted by Gasteiger charge is 2.22. The van der Waals surface area contributed by atoms with Gasteiger partial charge in [-0.3, -0.25) is 9.78 Å². The number of carbonyl (C=O) groups is 1. The summed E-state index contributed by atoms with van der Waals surface area (Å²) in [4.78, 5) is 17.6. The summed E-state index contributed by atoms with van der Waals surface area (Å²) >= 11 is 0. The van der Waals surface area contributed by atoms with Gasteiger partial charge >= 0.3 is 0 Å². The first kappa shape index (κ1) is 11.1. The highest BCUT2D eigenvalue weighted by molar-refractivity contribution is 5.79. The first-order chi connectivity index (χ1) is 7.68. The second-order valence-electron chi connectivity index (χ2n) is 4.54. The first-order valence-corrected chi connectivity index (χ1v) is 5.83. The number of rotatable bonds is 2. The molecule has 3 heteroatoms. The smallest absolute Gasteiger partial charge is 0.133 e. The molecule has 1 saturated carbocycles. The second-order valence-corrected chi connectivity index (χ2v) is 4.54. The van der Waals surface area contributed by atoms with Gasteiger partial charge in [-0.05, 0) is 31.4 Å². The molecule has 16 heavy (non-hydrogen) atoms. The van der Waals surface area contributed by atoms with Crippen LogP contribution in [0, 0.1) is 6.92 Å². The van der Waals surface area contributed by atoms with E-state index in [9.17, 15) is 4.79 Å². The van der Waals surface area contributed by atoms with Gasteiger partial charge in [0.15, 0.2) is 0 Å². The van der Waals surface area contributed by atoms with Crippen LogP contribution < -0.4 is 4.90 Å². The minimum atomic E-state index is 0.413. The molecule has 1 aliphatic rings. The number of Topliss-reactive ketones (excluding diaryl/α,β-unsaturated/α-hetero) is 1. The van der Waals surface area contributed by atoms with Gasteiger partial charge in [-0.2, -0.15) is 0 Å². The summed E-state index contributed by atoms with van der Waals surface area (Å²) < 4.78 is 0. The Kier molecular flexibility index (Phi) is 3.22. The molecule has 0 N–H and O–H groups in total. The van der Waals surface area contributed by atoms with Crippen LogP contribution in [0.1, 0.15) is 31.2 Å². The molecule has 1 fully saturated rings. The predicted molar refractivity (Wildman–Crippen MR) is 64.6 cm³/mol. The number of nitrogens with zero attached hydrogens (tertiary/aromatic N) is 2. The molecule has 0 aliphatic heterocycles. The largest absolute Gasteiger partial charge is 0.371 e. The first-order valence-electron chi connectivity index (χ1n) is 5.83. The lowest BCUT2D eigenvalue weighted by Gasteiger charge is -2.33. The molecule has 0 saturated heterocycles. The van der Waals surface area contributed by atoms with E-state index in [0.29, 0.717) is 11.8 Å². The van der Waals surface area contributed by atoms with Crippen LogP contribution in [0.25, 0.3) is 0 Å². The molecule has 1 aromatic heterocycles. The average molecular weight is 218 g/mol. The van der Waals surface area contributed by atoms with Gasteiger partial charge in [0, 0.05) is 44.0 Å². The zero-order chi connectivity index (χ0) is 11.5. The van der Waals surface area contributed by atoms with Gasteiger partial charge in [0.05, 0.1) is 0 Å². The summed E-state index contributed by atoms with van der Waals surface area (Å²) in [5.74, 6) is 0.413. The number of ketones is 1. The molecule has 0 unspecified atom stereocenters. The lowest BCUT2D eigenvalue weighted by molar-refractivity contribution is -0.120. The maximum Gasteiger partial charge on any atom is 0.133 e. The summed E-state index contributed by atoms with van der Waals surface area (Å²) in [6.07, 6.45) is 7.15. The van der Waals surface area contributed by atoms with E-state index in [4.69, 9.17) is 0 Å². The number of pyridine rings is 1. The zero-order valence-corrected chi connectivity index (χ0v) is 9.94. The molecule has 1 heterocycles. The van der Waals surface area contributed by atoms with Crippen molar-refractivity contribution in [3.8, 4) is 0 Å². The Morgan fingerprint density at radius 1 is 1.38 bits per heavy atom. The Hall–Kier alpha value is -1.38. The van der Waals surface area contributed by atoms with E-state index >= 15 is 0 Å². The molecule has 0 atom stereocenters. The highest BCUT2D eigenvalue weighted by Crippen LogP contribution is 2.26. The molecule has 2 rings (SSSR count). The fraction of sp³-hybridized carbons (Fsp3) is 0.538. The second kappa shape index (κ2) is 4.64. The summed E-state index contributed by atoms with van der Waals surface area (Å²) in [5, 5.41) is 0. The van der Waals surface area contributed by atoms with Crippen LogP contribution in [-0.2, 0) is 4.79 Å². The van der Waals surface area contributed by atoms with E-state index in [1.807, 2.05) is 18.5 Å².